The second kappa shape index (κ2) is 30.2. The van der Waals surface area contributed by atoms with E-state index in [-0.39, 0.29) is 99.2 Å². The lowest BCUT2D eigenvalue weighted by Gasteiger charge is -2.46. The molecule has 4 atom stereocenters. The number of unbranched alkanes of at least 4 members (excludes halogenated alkanes) is 2. The lowest BCUT2D eigenvalue weighted by atomic mass is 9.82. The Morgan fingerprint density at radius 3 is 1.91 bits per heavy atom. The minimum absolute atomic E-state index is 0. The summed E-state index contributed by atoms with van der Waals surface area (Å²) in [5, 5.41) is 42.7. The quantitative estimate of drug-likeness (QED) is 0.0269. The van der Waals surface area contributed by atoms with E-state index in [0.29, 0.717) is 66.0 Å². The van der Waals surface area contributed by atoms with Crippen molar-refractivity contribution < 1.29 is 108 Å². The molecule has 0 fully saturated rings. The van der Waals surface area contributed by atoms with Gasteiger partial charge in [-0.1, -0.05) is 36.8 Å². The highest BCUT2D eigenvalue weighted by Gasteiger charge is 2.54. The molecule has 2 aromatic carbocycles. The number of ether oxygens (including phenoxy) is 3. The normalized spacial score (nSPS) is 14.1. The van der Waals surface area contributed by atoms with Crippen LogP contribution in [-0.2, 0) is 54.5 Å². The highest BCUT2D eigenvalue weighted by molar-refractivity contribution is 7.51. The smallest absolute Gasteiger partial charge is 0.379 e. The van der Waals surface area contributed by atoms with Crippen LogP contribution in [-0.4, -0.2) is 123 Å². The van der Waals surface area contributed by atoms with Gasteiger partial charge in [-0.15, -0.1) is 0 Å². The molecular formula is C37H64Cl2N2O15P2. The van der Waals surface area contributed by atoms with Crippen LogP contribution in [0.15, 0.2) is 36.4 Å². The van der Waals surface area contributed by atoms with Crippen LogP contribution in [0, 0.1) is 6.92 Å². The third-order valence-electron chi connectivity index (χ3n) is 9.86. The first-order chi connectivity index (χ1) is 26.6. The summed E-state index contributed by atoms with van der Waals surface area (Å²) in [7, 11) is -8.14. The van der Waals surface area contributed by atoms with Gasteiger partial charge in [0.1, 0.15) is 44.6 Å². The number of quaternary nitrogens is 2. The number of benzene rings is 2. The van der Waals surface area contributed by atoms with Gasteiger partial charge in [-0.3, -0.25) is 13.9 Å². The fraction of sp³-hybridized carbons (Fsp3) is 0.622. The first-order valence-corrected chi connectivity index (χ1v) is 22.1. The van der Waals surface area contributed by atoms with E-state index in [1.54, 1.807) is 57.4 Å². The van der Waals surface area contributed by atoms with E-state index in [0.717, 1.165) is 0 Å². The SMILES string of the molecule is C=O.CCOc1c(CO)cccc1C[NH+](CP(=O)(O)O)C(CO)C(CO)(CCCCCC(=O)CCOCCOC)[NH+](Cc1cccc(CO)c1C)CP(=O)(O)O.[Cl-].[Cl-]. The fourth-order valence-corrected chi connectivity index (χ4v) is 8.87. The maximum Gasteiger partial charge on any atom is 0.379 e. The predicted molar refractivity (Wildman–Crippen MR) is 207 cm³/mol. The molecule has 10 N–H and O–H groups in total. The summed E-state index contributed by atoms with van der Waals surface area (Å²) >= 11 is 0. The van der Waals surface area contributed by atoms with E-state index in [4.69, 9.17) is 19.0 Å². The van der Waals surface area contributed by atoms with Crippen LogP contribution in [0.25, 0.3) is 0 Å². The van der Waals surface area contributed by atoms with Crippen LogP contribution in [0.3, 0.4) is 0 Å². The summed E-state index contributed by atoms with van der Waals surface area (Å²) in [6.07, 6.45) is 0.217. The van der Waals surface area contributed by atoms with Gasteiger partial charge >= 0.3 is 15.2 Å². The third-order valence-corrected chi connectivity index (χ3v) is 11.5. The maximum absolute atomic E-state index is 12.8. The van der Waals surface area contributed by atoms with Crippen LogP contribution in [0.5, 0.6) is 5.75 Å². The molecule has 0 aromatic heterocycles. The number of ketones is 1. The van der Waals surface area contributed by atoms with Crippen molar-refractivity contribution >= 4 is 27.8 Å². The standard InChI is InChI=1S/C36H60N2O14P2.CH2O.2ClH/c1-4-52-35-30(11-9-13-32(35)23-40)20-37(26-53(44,45)46)34(24-41)36(25-42,16-7-5-6-14-33(43)15-17-51-19-18-50-3)38(27-54(47,48)49)21-29-10-8-12-31(22-39)28(29)2;1-2;;/h8-13,34,39-42H,4-7,14-27H2,1-3H3,(H2,44,45,46)(H2,47,48,49);1H2;2*1H. The molecule has 2 aromatic rings. The van der Waals surface area contributed by atoms with Crippen molar-refractivity contribution in [2.24, 2.45) is 0 Å². The molecule has 0 aliphatic carbocycles. The van der Waals surface area contributed by atoms with Crippen molar-refractivity contribution in [3.05, 3.63) is 64.2 Å². The van der Waals surface area contributed by atoms with Crippen LogP contribution in [0.2, 0.25) is 0 Å². The predicted octanol–water partition coefficient (Wildman–Crippen LogP) is -6.39. The number of methoxy groups -OCH3 is 1. The monoisotopic (exact) mass is 908 g/mol. The number of aliphatic hydroxyl groups excluding tert-OH is 4. The Labute approximate surface area is 353 Å². The van der Waals surface area contributed by atoms with Crippen molar-refractivity contribution in [1.29, 1.82) is 0 Å². The minimum Gasteiger partial charge on any atom is -1.00 e. The topological polar surface area (TPSA) is 267 Å². The van der Waals surface area contributed by atoms with Gasteiger partial charge in [-0.05, 0) is 43.9 Å². The molecule has 21 heteroatoms. The van der Waals surface area contributed by atoms with Crippen molar-refractivity contribution in [3.8, 4) is 5.75 Å². The van der Waals surface area contributed by atoms with Gasteiger partial charge in [0.25, 0.3) is 0 Å². The number of nitrogens with one attached hydrogen (secondary N) is 2. The van der Waals surface area contributed by atoms with E-state index in [1.807, 2.05) is 6.79 Å². The van der Waals surface area contributed by atoms with Crippen LogP contribution in [0.4, 0.5) is 0 Å². The van der Waals surface area contributed by atoms with Crippen molar-refractivity contribution in [2.75, 3.05) is 59.3 Å². The van der Waals surface area contributed by atoms with E-state index in [2.05, 4.69) is 0 Å². The number of hydrogen-bond acceptors (Lipinski definition) is 11. The maximum atomic E-state index is 12.8. The summed E-state index contributed by atoms with van der Waals surface area (Å²) in [6, 6.07) is 8.91. The molecule has 336 valence electrons. The summed E-state index contributed by atoms with van der Waals surface area (Å²) in [4.78, 5) is 62.4. The molecule has 0 radical (unpaired) electrons. The van der Waals surface area contributed by atoms with Crippen LogP contribution in [0.1, 0.15) is 73.3 Å². The Balaban J connectivity index is 0. The summed E-state index contributed by atoms with van der Waals surface area (Å²) in [5.41, 5.74) is 1.16. The third kappa shape index (κ3) is 19.7. The lowest BCUT2D eigenvalue weighted by molar-refractivity contribution is -1.02. The number of rotatable bonds is 29. The lowest BCUT2D eigenvalue weighted by Crippen LogP contribution is -3.29. The Bertz CT molecular complexity index is 1550. The van der Waals surface area contributed by atoms with Gasteiger partial charge in [0.2, 0.25) is 0 Å². The average molecular weight is 910 g/mol. The highest BCUT2D eigenvalue weighted by Crippen LogP contribution is 2.34. The Hall–Kier alpha value is -1.86. The molecule has 0 aliphatic rings. The number of hydrogen-bond donors (Lipinski definition) is 10. The van der Waals surface area contributed by atoms with E-state index >= 15 is 0 Å². The molecular weight excluding hydrogens is 845 g/mol. The van der Waals surface area contributed by atoms with Crippen molar-refractivity contribution in [3.63, 3.8) is 0 Å². The summed E-state index contributed by atoms with van der Waals surface area (Å²) in [6.45, 7) is 4.42. The molecule has 0 saturated heterocycles. The molecule has 0 bridgehead atoms. The second-order valence-electron chi connectivity index (χ2n) is 13.6. The molecule has 0 amide bonds. The first-order valence-electron chi connectivity index (χ1n) is 18.5. The number of halogens is 2. The number of carbonyl (C=O) groups excluding carboxylic acids is 2. The van der Waals surface area contributed by atoms with Crippen molar-refractivity contribution in [2.45, 2.75) is 90.3 Å². The Kier molecular flexibility index (Phi) is 30.3. The number of para-hydroxylation sites is 1. The molecule has 58 heavy (non-hydrogen) atoms. The van der Waals surface area contributed by atoms with E-state index in [1.165, 1.54) is 0 Å². The van der Waals surface area contributed by atoms with Crippen LogP contribution >= 0.6 is 15.2 Å². The number of carbonyl (C=O) groups is 2. The molecule has 4 unspecified atom stereocenters. The highest BCUT2D eigenvalue weighted by atomic mass is 35.5. The minimum atomic E-state index is -4.85. The zero-order valence-corrected chi connectivity index (χ0v) is 36.9. The molecule has 17 nitrogen and oxygen atoms in total. The zero-order chi connectivity index (χ0) is 42.4. The van der Waals surface area contributed by atoms with Gasteiger partial charge in [0.05, 0.1) is 39.6 Å². The Morgan fingerprint density at radius 2 is 1.38 bits per heavy atom. The van der Waals surface area contributed by atoms with Crippen LogP contribution < -0.4 is 39.4 Å². The van der Waals surface area contributed by atoms with Gasteiger partial charge in [-0.2, -0.15) is 0 Å². The number of Topliss-reactive ketones (excluding diaryl/α,β-unsaturated/α-hetero) is 1. The van der Waals surface area contributed by atoms with E-state index < -0.39 is 52.6 Å². The zero-order valence-electron chi connectivity index (χ0n) is 33.6. The second-order valence-corrected chi connectivity index (χ2v) is 16.9. The average Bonchev–Trinajstić information content (AvgIpc) is 3.15. The molecule has 0 saturated carbocycles. The van der Waals surface area contributed by atoms with Gasteiger partial charge in [0, 0.05) is 43.1 Å². The Morgan fingerprint density at radius 1 is 0.793 bits per heavy atom. The van der Waals surface area contributed by atoms with Gasteiger partial charge in [-0.25, -0.2) is 0 Å². The molecule has 0 heterocycles. The molecule has 2 rings (SSSR count). The summed E-state index contributed by atoms with van der Waals surface area (Å²) in [5.74, 6) is 0.302. The van der Waals surface area contributed by atoms with Gasteiger partial charge < -0.3 is 93.6 Å². The van der Waals surface area contributed by atoms with Gasteiger partial charge in [0.15, 0.2) is 24.2 Å². The molecule has 0 aliphatic heterocycles. The molecule has 0 spiro atoms. The fourth-order valence-electron chi connectivity index (χ4n) is 7.09. The van der Waals surface area contributed by atoms with Crippen molar-refractivity contribution in [1.82, 2.24) is 0 Å². The number of aliphatic hydroxyl groups is 4. The summed E-state index contributed by atoms with van der Waals surface area (Å²) < 4.78 is 41.8. The van der Waals surface area contributed by atoms with E-state index in [9.17, 15) is 53.9 Å². The first kappa shape index (κ1) is 58.2. The largest absolute Gasteiger partial charge is 1.00 e.